The Labute approximate surface area is 94.1 Å². The van der Waals surface area contributed by atoms with Crippen LogP contribution < -0.4 is 0 Å². The number of halogens is 1. The molecule has 0 fully saturated rings. The minimum Gasteiger partial charge on any atom is -0.506 e. The zero-order chi connectivity index (χ0) is 11.0. The Kier molecular flexibility index (Phi) is 2.36. The van der Waals surface area contributed by atoms with E-state index in [4.69, 9.17) is 5.11 Å². The van der Waals surface area contributed by atoms with Crippen LogP contribution in [-0.2, 0) is 0 Å². The van der Waals surface area contributed by atoms with Gasteiger partial charge < -0.3 is 10.2 Å². The molecule has 0 saturated carbocycles. The van der Waals surface area contributed by atoms with Crippen molar-refractivity contribution >= 4 is 32.7 Å². The lowest BCUT2D eigenvalue weighted by molar-refractivity contribution is 0.0694. The topological polar surface area (TPSA) is 57.5 Å². The lowest BCUT2D eigenvalue weighted by atomic mass is 10.1. The lowest BCUT2D eigenvalue weighted by Gasteiger charge is -2.05. The summed E-state index contributed by atoms with van der Waals surface area (Å²) in [4.78, 5) is 10.8. The summed E-state index contributed by atoms with van der Waals surface area (Å²) >= 11 is 3.33. The van der Waals surface area contributed by atoms with E-state index in [1.165, 1.54) is 6.07 Å². The molecule has 0 radical (unpaired) electrons. The van der Waals surface area contributed by atoms with E-state index in [0.29, 0.717) is 5.39 Å². The van der Waals surface area contributed by atoms with Crippen molar-refractivity contribution < 1.29 is 15.0 Å². The number of aromatic carboxylic acids is 1. The van der Waals surface area contributed by atoms with Gasteiger partial charge in [-0.1, -0.05) is 34.1 Å². The zero-order valence-corrected chi connectivity index (χ0v) is 9.15. The molecule has 2 aromatic carbocycles. The monoisotopic (exact) mass is 266 g/mol. The Morgan fingerprint density at radius 1 is 1.13 bits per heavy atom. The quantitative estimate of drug-likeness (QED) is 0.834. The molecule has 2 aromatic rings. The Bertz CT molecular complexity index is 549. The highest BCUT2D eigenvalue weighted by Gasteiger charge is 2.12. The summed E-state index contributed by atoms with van der Waals surface area (Å²) in [5.41, 5.74) is -0.0828. The van der Waals surface area contributed by atoms with Crippen LogP contribution in [0.5, 0.6) is 5.75 Å². The molecule has 2 N–H and O–H groups in total. The van der Waals surface area contributed by atoms with Gasteiger partial charge in [0.15, 0.2) is 0 Å². The highest BCUT2D eigenvalue weighted by Crippen LogP contribution is 2.32. The Morgan fingerprint density at radius 3 is 2.53 bits per heavy atom. The molecule has 2 rings (SSSR count). The van der Waals surface area contributed by atoms with Gasteiger partial charge >= 0.3 is 5.97 Å². The van der Waals surface area contributed by atoms with E-state index < -0.39 is 5.97 Å². The molecule has 0 spiro atoms. The second-order valence-electron chi connectivity index (χ2n) is 3.10. The summed E-state index contributed by atoms with van der Waals surface area (Å²) < 4.78 is 0.826. The van der Waals surface area contributed by atoms with Crippen LogP contribution in [0.2, 0.25) is 0 Å². The molecule has 0 aliphatic heterocycles. The third-order valence-electron chi connectivity index (χ3n) is 2.21. The number of carbonyl (C=O) groups is 1. The highest BCUT2D eigenvalue weighted by molar-refractivity contribution is 9.10. The fraction of sp³-hybridized carbons (Fsp3) is 0. The lowest BCUT2D eigenvalue weighted by Crippen LogP contribution is -1.96. The summed E-state index contributed by atoms with van der Waals surface area (Å²) in [6.07, 6.45) is 0. The summed E-state index contributed by atoms with van der Waals surface area (Å²) in [5.74, 6) is -1.32. The maximum atomic E-state index is 10.8. The molecular weight excluding hydrogens is 260 g/mol. The first-order chi connectivity index (χ1) is 7.11. The summed E-state index contributed by atoms with van der Waals surface area (Å²) in [6, 6.07) is 8.33. The Balaban J connectivity index is 2.86. The minimum absolute atomic E-state index is 0.0828. The molecule has 0 aliphatic rings. The molecule has 3 nitrogen and oxygen atoms in total. The van der Waals surface area contributed by atoms with Crippen LogP contribution in [0.15, 0.2) is 34.8 Å². The van der Waals surface area contributed by atoms with Crippen LogP contribution in [0, 0.1) is 0 Å². The smallest absolute Gasteiger partial charge is 0.339 e. The Morgan fingerprint density at radius 2 is 1.87 bits per heavy atom. The third-order valence-corrected chi connectivity index (χ3v) is 2.90. The van der Waals surface area contributed by atoms with Crippen molar-refractivity contribution in [1.29, 1.82) is 0 Å². The summed E-state index contributed by atoms with van der Waals surface area (Å²) in [5, 5.41) is 19.9. The fourth-order valence-corrected chi connectivity index (χ4v) is 1.97. The van der Waals surface area contributed by atoms with E-state index >= 15 is 0 Å². The highest BCUT2D eigenvalue weighted by atomic mass is 79.9. The molecule has 0 aromatic heterocycles. The van der Waals surface area contributed by atoms with Crippen LogP contribution >= 0.6 is 15.9 Å². The largest absolute Gasteiger partial charge is 0.506 e. The number of hydrogen-bond donors (Lipinski definition) is 2. The Hall–Kier alpha value is -1.55. The first-order valence-corrected chi connectivity index (χ1v) is 5.04. The SMILES string of the molecule is O=C(O)c1ccc2c(Br)cccc2c1O. The predicted octanol–water partition coefficient (Wildman–Crippen LogP) is 3.01. The van der Waals surface area contributed by atoms with Gasteiger partial charge in [0.25, 0.3) is 0 Å². The van der Waals surface area contributed by atoms with Gasteiger partial charge in [-0.3, -0.25) is 0 Å². The molecule has 76 valence electrons. The van der Waals surface area contributed by atoms with Gasteiger partial charge in [0.1, 0.15) is 11.3 Å². The van der Waals surface area contributed by atoms with Crippen LogP contribution in [0.4, 0.5) is 0 Å². The zero-order valence-electron chi connectivity index (χ0n) is 7.57. The van der Waals surface area contributed by atoms with E-state index in [0.717, 1.165) is 9.86 Å². The number of phenols is 1. The summed E-state index contributed by atoms with van der Waals surface area (Å²) in [6.45, 7) is 0. The van der Waals surface area contributed by atoms with Crippen molar-refractivity contribution in [2.75, 3.05) is 0 Å². The van der Waals surface area contributed by atoms with E-state index in [1.807, 2.05) is 6.07 Å². The van der Waals surface area contributed by atoms with Gasteiger partial charge in [-0.15, -0.1) is 0 Å². The van der Waals surface area contributed by atoms with E-state index in [1.54, 1.807) is 18.2 Å². The molecule has 0 unspecified atom stereocenters. The van der Waals surface area contributed by atoms with Gasteiger partial charge in [0.05, 0.1) is 0 Å². The fourth-order valence-electron chi connectivity index (χ4n) is 1.48. The van der Waals surface area contributed by atoms with Gasteiger partial charge in [0, 0.05) is 9.86 Å². The normalized spacial score (nSPS) is 10.5. The van der Waals surface area contributed by atoms with E-state index in [9.17, 15) is 9.90 Å². The predicted molar refractivity (Wildman–Crippen MR) is 60.3 cm³/mol. The van der Waals surface area contributed by atoms with Crippen molar-refractivity contribution in [3.05, 3.63) is 40.4 Å². The maximum Gasteiger partial charge on any atom is 0.339 e. The van der Waals surface area contributed by atoms with Crippen LogP contribution in [0.1, 0.15) is 10.4 Å². The minimum atomic E-state index is -1.13. The number of aromatic hydroxyl groups is 1. The average Bonchev–Trinajstić information content (AvgIpc) is 2.19. The molecular formula is C11H7BrO3. The van der Waals surface area contributed by atoms with Crippen LogP contribution in [0.25, 0.3) is 10.8 Å². The molecule has 0 saturated heterocycles. The third kappa shape index (κ3) is 1.57. The number of carboxylic acid groups (broad SMARTS) is 1. The first-order valence-electron chi connectivity index (χ1n) is 4.25. The van der Waals surface area contributed by atoms with Crippen LogP contribution in [-0.4, -0.2) is 16.2 Å². The van der Waals surface area contributed by atoms with Gasteiger partial charge in [-0.25, -0.2) is 4.79 Å². The molecule has 4 heteroatoms. The molecule has 0 amide bonds. The van der Waals surface area contributed by atoms with E-state index in [2.05, 4.69) is 15.9 Å². The van der Waals surface area contributed by atoms with Gasteiger partial charge in [-0.2, -0.15) is 0 Å². The maximum absolute atomic E-state index is 10.8. The molecule has 15 heavy (non-hydrogen) atoms. The number of carboxylic acids is 1. The standard InChI is InChI=1S/C11H7BrO3/c12-9-3-1-2-7-6(9)4-5-8(10(7)13)11(14)15/h1-5,13H,(H,14,15). The van der Waals surface area contributed by atoms with Crippen molar-refractivity contribution in [2.24, 2.45) is 0 Å². The number of rotatable bonds is 1. The van der Waals surface area contributed by atoms with Crippen molar-refractivity contribution in [1.82, 2.24) is 0 Å². The van der Waals surface area contributed by atoms with Crippen molar-refractivity contribution in [3.63, 3.8) is 0 Å². The first kappa shape index (κ1) is 9.98. The molecule has 0 aliphatic carbocycles. The molecule has 0 heterocycles. The number of fused-ring (bicyclic) bond motifs is 1. The summed E-state index contributed by atoms with van der Waals surface area (Å²) in [7, 11) is 0. The van der Waals surface area contributed by atoms with Crippen molar-refractivity contribution in [3.8, 4) is 5.75 Å². The van der Waals surface area contributed by atoms with Gasteiger partial charge in [0.2, 0.25) is 0 Å². The second kappa shape index (κ2) is 3.55. The van der Waals surface area contributed by atoms with E-state index in [-0.39, 0.29) is 11.3 Å². The molecule has 0 atom stereocenters. The molecule has 0 bridgehead atoms. The van der Waals surface area contributed by atoms with Crippen molar-refractivity contribution in [2.45, 2.75) is 0 Å². The second-order valence-corrected chi connectivity index (χ2v) is 3.96. The van der Waals surface area contributed by atoms with Gasteiger partial charge in [-0.05, 0) is 17.5 Å². The average molecular weight is 267 g/mol. The van der Waals surface area contributed by atoms with Crippen LogP contribution in [0.3, 0.4) is 0 Å². The number of benzene rings is 2. The number of hydrogen-bond acceptors (Lipinski definition) is 2.